The van der Waals surface area contributed by atoms with Gasteiger partial charge in [-0.25, -0.2) is 9.18 Å². The Bertz CT molecular complexity index is 379. The summed E-state index contributed by atoms with van der Waals surface area (Å²) >= 11 is 5.56. The van der Waals surface area contributed by atoms with Crippen molar-refractivity contribution in [1.82, 2.24) is 0 Å². The summed E-state index contributed by atoms with van der Waals surface area (Å²) in [5, 5.41) is 0. The van der Waals surface area contributed by atoms with E-state index >= 15 is 0 Å². The van der Waals surface area contributed by atoms with Gasteiger partial charge in [0, 0.05) is 5.88 Å². The molecule has 0 atom stereocenters. The molecule has 5 heteroatoms. The van der Waals surface area contributed by atoms with Crippen LogP contribution in [-0.2, 0) is 10.6 Å². The van der Waals surface area contributed by atoms with E-state index in [-0.39, 0.29) is 17.2 Å². The van der Waals surface area contributed by atoms with Crippen LogP contribution in [0.3, 0.4) is 0 Å². The summed E-state index contributed by atoms with van der Waals surface area (Å²) in [6.45, 7) is 0. The van der Waals surface area contributed by atoms with Gasteiger partial charge in [-0.3, -0.25) is 0 Å². The summed E-state index contributed by atoms with van der Waals surface area (Å²) in [7, 11) is 2.52. The number of benzene rings is 1. The molecule has 0 N–H and O–H groups in total. The van der Waals surface area contributed by atoms with E-state index in [1.165, 1.54) is 26.4 Å². The molecule has 0 saturated carbocycles. The van der Waals surface area contributed by atoms with Crippen molar-refractivity contribution in [3.63, 3.8) is 0 Å². The Morgan fingerprint density at radius 2 is 2.13 bits per heavy atom. The van der Waals surface area contributed by atoms with Crippen LogP contribution in [0.25, 0.3) is 0 Å². The largest absolute Gasteiger partial charge is 0.496 e. The van der Waals surface area contributed by atoms with Gasteiger partial charge >= 0.3 is 5.97 Å². The van der Waals surface area contributed by atoms with Gasteiger partial charge in [-0.2, -0.15) is 0 Å². The van der Waals surface area contributed by atoms with Crippen molar-refractivity contribution in [2.45, 2.75) is 5.88 Å². The zero-order chi connectivity index (χ0) is 11.4. The Morgan fingerprint density at radius 3 is 2.60 bits per heavy atom. The van der Waals surface area contributed by atoms with E-state index in [1.807, 2.05) is 0 Å². The second kappa shape index (κ2) is 4.98. The number of rotatable bonds is 3. The molecule has 1 aromatic carbocycles. The molecule has 0 bridgehead atoms. The van der Waals surface area contributed by atoms with E-state index in [1.54, 1.807) is 0 Å². The molecule has 0 aliphatic heterocycles. The maximum atomic E-state index is 13.5. The molecule has 0 unspecified atom stereocenters. The summed E-state index contributed by atoms with van der Waals surface area (Å²) in [4.78, 5) is 11.2. The summed E-state index contributed by atoms with van der Waals surface area (Å²) in [5.41, 5.74) is 0.326. The third-order valence-electron chi connectivity index (χ3n) is 1.88. The van der Waals surface area contributed by atoms with Crippen LogP contribution in [0, 0.1) is 5.82 Å². The molecule has 0 heterocycles. The van der Waals surface area contributed by atoms with Crippen molar-refractivity contribution >= 4 is 17.6 Å². The third-order valence-corrected chi connectivity index (χ3v) is 2.19. The zero-order valence-electron chi connectivity index (χ0n) is 8.34. The maximum Gasteiger partial charge on any atom is 0.344 e. The molecule has 1 aromatic rings. The molecule has 0 aliphatic carbocycles. The van der Waals surface area contributed by atoms with Gasteiger partial charge < -0.3 is 9.47 Å². The van der Waals surface area contributed by atoms with Crippen molar-refractivity contribution in [2.24, 2.45) is 0 Å². The van der Waals surface area contributed by atoms with Crippen molar-refractivity contribution in [1.29, 1.82) is 0 Å². The number of carbonyl (C=O) groups is 1. The van der Waals surface area contributed by atoms with Crippen LogP contribution in [0.2, 0.25) is 0 Å². The fraction of sp³-hybridized carbons (Fsp3) is 0.300. The molecular formula is C10H10ClFO3. The highest BCUT2D eigenvalue weighted by atomic mass is 35.5. The van der Waals surface area contributed by atoms with E-state index in [0.29, 0.717) is 5.56 Å². The van der Waals surface area contributed by atoms with E-state index in [4.69, 9.17) is 16.3 Å². The zero-order valence-corrected chi connectivity index (χ0v) is 9.10. The quantitative estimate of drug-likeness (QED) is 0.593. The number of methoxy groups -OCH3 is 2. The van der Waals surface area contributed by atoms with Crippen LogP contribution in [0.4, 0.5) is 4.39 Å². The molecule has 1 rings (SSSR count). The normalized spacial score (nSPS) is 9.87. The smallest absolute Gasteiger partial charge is 0.344 e. The lowest BCUT2D eigenvalue weighted by molar-refractivity contribution is 0.0591. The summed E-state index contributed by atoms with van der Waals surface area (Å²) in [5.74, 6) is -1.20. The average Bonchev–Trinajstić information content (AvgIpc) is 2.26. The topological polar surface area (TPSA) is 35.5 Å². The minimum Gasteiger partial charge on any atom is -0.496 e. The maximum absolute atomic E-state index is 13.5. The first-order valence-electron chi connectivity index (χ1n) is 4.14. The van der Waals surface area contributed by atoms with Crippen molar-refractivity contribution in [2.75, 3.05) is 14.2 Å². The third kappa shape index (κ3) is 2.39. The van der Waals surface area contributed by atoms with Crippen molar-refractivity contribution in [3.8, 4) is 5.75 Å². The minimum atomic E-state index is -0.773. The Labute approximate surface area is 91.7 Å². The van der Waals surface area contributed by atoms with Crippen LogP contribution >= 0.6 is 11.6 Å². The van der Waals surface area contributed by atoms with Gasteiger partial charge in [0.05, 0.1) is 14.2 Å². The second-order valence-electron chi connectivity index (χ2n) is 2.78. The number of ether oxygens (including phenoxy) is 2. The van der Waals surface area contributed by atoms with E-state index in [0.717, 1.165) is 0 Å². The molecule has 0 aromatic heterocycles. The van der Waals surface area contributed by atoms with Crippen LogP contribution in [0.1, 0.15) is 15.9 Å². The molecule has 3 nitrogen and oxygen atoms in total. The van der Waals surface area contributed by atoms with Crippen molar-refractivity contribution in [3.05, 3.63) is 29.1 Å². The first kappa shape index (κ1) is 11.8. The first-order chi connectivity index (χ1) is 7.13. The number of alkyl halides is 1. The fourth-order valence-corrected chi connectivity index (χ4v) is 1.33. The van der Waals surface area contributed by atoms with E-state index < -0.39 is 11.8 Å². The number of halogens is 2. The molecule has 0 fully saturated rings. The average molecular weight is 233 g/mol. The van der Waals surface area contributed by atoms with Gasteiger partial charge in [-0.1, -0.05) is 0 Å². The van der Waals surface area contributed by atoms with Gasteiger partial charge in [0.2, 0.25) is 0 Å². The van der Waals surface area contributed by atoms with Gasteiger partial charge in [-0.15, -0.1) is 11.6 Å². The van der Waals surface area contributed by atoms with Gasteiger partial charge in [0.1, 0.15) is 17.1 Å². The molecule has 0 amide bonds. The molecule has 0 saturated heterocycles. The highest BCUT2D eigenvalue weighted by Crippen LogP contribution is 2.25. The Balaban J connectivity index is 3.30. The molecule has 0 spiro atoms. The van der Waals surface area contributed by atoms with Crippen LogP contribution in [0.15, 0.2) is 12.1 Å². The Morgan fingerprint density at radius 1 is 1.47 bits per heavy atom. The van der Waals surface area contributed by atoms with Gasteiger partial charge in [-0.05, 0) is 17.7 Å². The number of esters is 1. The summed E-state index contributed by atoms with van der Waals surface area (Å²) in [6, 6.07) is 2.68. The lowest BCUT2D eigenvalue weighted by Crippen LogP contribution is -2.07. The van der Waals surface area contributed by atoms with Gasteiger partial charge in [0.25, 0.3) is 0 Å². The minimum absolute atomic E-state index is 0.123. The number of hydrogen-bond donors (Lipinski definition) is 0. The molecule has 15 heavy (non-hydrogen) atoms. The van der Waals surface area contributed by atoms with Gasteiger partial charge in [0.15, 0.2) is 0 Å². The SMILES string of the molecule is COC(=O)c1c(F)cc(CCl)cc1OC. The number of carbonyl (C=O) groups excluding carboxylic acids is 1. The van der Waals surface area contributed by atoms with Crippen LogP contribution < -0.4 is 4.74 Å². The first-order valence-corrected chi connectivity index (χ1v) is 4.68. The number of hydrogen-bond acceptors (Lipinski definition) is 3. The highest BCUT2D eigenvalue weighted by Gasteiger charge is 2.19. The van der Waals surface area contributed by atoms with Crippen molar-refractivity contribution < 1.29 is 18.7 Å². The molecule has 0 radical (unpaired) electrons. The molecule has 0 aliphatic rings. The summed E-state index contributed by atoms with van der Waals surface area (Å²) in [6.07, 6.45) is 0. The standard InChI is InChI=1S/C10H10ClFO3/c1-14-8-4-6(5-11)3-7(12)9(8)10(13)15-2/h3-4H,5H2,1-2H3. The fourth-order valence-electron chi connectivity index (χ4n) is 1.17. The second-order valence-corrected chi connectivity index (χ2v) is 3.05. The highest BCUT2D eigenvalue weighted by molar-refractivity contribution is 6.17. The Hall–Kier alpha value is -1.29. The van der Waals surface area contributed by atoms with E-state index in [9.17, 15) is 9.18 Å². The lowest BCUT2D eigenvalue weighted by atomic mass is 10.1. The Kier molecular flexibility index (Phi) is 3.91. The molecule has 82 valence electrons. The lowest BCUT2D eigenvalue weighted by Gasteiger charge is -2.09. The monoisotopic (exact) mass is 232 g/mol. The molecular weight excluding hydrogens is 223 g/mol. The predicted octanol–water partition coefficient (Wildman–Crippen LogP) is 2.36. The summed E-state index contributed by atoms with van der Waals surface area (Å²) < 4.78 is 22.8. The van der Waals surface area contributed by atoms with E-state index in [2.05, 4.69) is 4.74 Å². The predicted molar refractivity (Wildman–Crippen MR) is 53.8 cm³/mol. The van der Waals surface area contributed by atoms with Crippen LogP contribution in [0.5, 0.6) is 5.75 Å². The van der Waals surface area contributed by atoms with Crippen LogP contribution in [-0.4, -0.2) is 20.2 Å².